The molecule has 0 unspecified atom stereocenters. The van der Waals surface area contributed by atoms with E-state index in [0.29, 0.717) is 30.1 Å². The number of carbonyl (C=O) groups is 1. The fourth-order valence-corrected chi connectivity index (χ4v) is 5.20. The number of hydrogen-bond donors (Lipinski definition) is 1. The molecule has 1 amide bonds. The standard InChI is InChI=1S/C21H27N3O7S2/c1-14(30-13-29-3)11-31-24-19(20(25)23-21-22-10-16(32-21)12-28-2)15-4-6-17(7-5-15)33(26,27)18-8-9-18/h4-7,10,14,18H,8-9,11-13H2,1-3H3,(H,22,23,25)/b24-19+/t14-/m1/s1. The largest absolute Gasteiger partial charge is 0.392 e. The minimum absolute atomic E-state index is 0.0206. The topological polar surface area (TPSA) is 125 Å². The van der Waals surface area contributed by atoms with Crippen LogP contribution in [0.1, 0.15) is 30.2 Å². The zero-order valence-corrected chi connectivity index (χ0v) is 20.3. The molecule has 1 atom stereocenters. The van der Waals surface area contributed by atoms with E-state index in [4.69, 9.17) is 19.0 Å². The molecule has 0 radical (unpaired) electrons. The van der Waals surface area contributed by atoms with Crippen molar-refractivity contribution in [2.45, 2.75) is 42.6 Å². The molecule has 2 aromatic rings. The number of anilines is 1. The first-order valence-corrected chi connectivity index (χ1v) is 12.6. The molecule has 33 heavy (non-hydrogen) atoms. The lowest BCUT2D eigenvalue weighted by Crippen LogP contribution is -2.25. The van der Waals surface area contributed by atoms with Gasteiger partial charge in [0.15, 0.2) is 20.7 Å². The lowest BCUT2D eigenvalue weighted by Gasteiger charge is -2.12. The number of hydrogen-bond acceptors (Lipinski definition) is 10. The molecule has 1 aromatic heterocycles. The highest BCUT2D eigenvalue weighted by atomic mass is 32.2. The van der Waals surface area contributed by atoms with Gasteiger partial charge in [0.1, 0.15) is 13.4 Å². The van der Waals surface area contributed by atoms with Crippen molar-refractivity contribution < 1.29 is 32.3 Å². The summed E-state index contributed by atoms with van der Waals surface area (Å²) in [6.07, 6.45) is 2.65. The average molecular weight is 498 g/mol. The van der Waals surface area contributed by atoms with Crippen molar-refractivity contribution in [2.75, 3.05) is 32.9 Å². The van der Waals surface area contributed by atoms with Crippen LogP contribution >= 0.6 is 11.3 Å². The van der Waals surface area contributed by atoms with Crippen LogP contribution in [-0.2, 0) is 40.3 Å². The highest BCUT2D eigenvalue weighted by molar-refractivity contribution is 7.92. The molecule has 1 saturated carbocycles. The van der Waals surface area contributed by atoms with Gasteiger partial charge in [-0.2, -0.15) is 0 Å². The van der Waals surface area contributed by atoms with E-state index in [1.807, 2.05) is 0 Å². The number of nitrogens with one attached hydrogen (secondary N) is 1. The molecule has 0 saturated heterocycles. The predicted octanol–water partition coefficient (Wildman–Crippen LogP) is 2.59. The first-order valence-electron chi connectivity index (χ1n) is 10.2. The van der Waals surface area contributed by atoms with Crippen LogP contribution in [0.5, 0.6) is 0 Å². The van der Waals surface area contributed by atoms with Crippen LogP contribution < -0.4 is 5.32 Å². The van der Waals surface area contributed by atoms with Crippen LogP contribution in [0, 0.1) is 0 Å². The number of thiazole rings is 1. The van der Waals surface area contributed by atoms with Gasteiger partial charge in [-0.3, -0.25) is 10.1 Å². The molecule has 1 aliphatic rings. The van der Waals surface area contributed by atoms with Crippen LogP contribution in [0.2, 0.25) is 0 Å². The Bertz CT molecular complexity index is 1060. The van der Waals surface area contributed by atoms with Crippen molar-refractivity contribution >= 4 is 37.9 Å². The summed E-state index contributed by atoms with van der Waals surface area (Å²) >= 11 is 1.28. The van der Waals surface area contributed by atoms with Crippen molar-refractivity contribution in [3.05, 3.63) is 40.9 Å². The summed E-state index contributed by atoms with van der Waals surface area (Å²) in [4.78, 5) is 23.6. The maximum atomic E-state index is 13.0. The molecule has 0 bridgehead atoms. The van der Waals surface area contributed by atoms with Crippen LogP contribution in [0.25, 0.3) is 0 Å². The minimum Gasteiger partial charge on any atom is -0.392 e. The third-order valence-corrected chi connectivity index (χ3v) is 7.80. The number of aromatic nitrogens is 1. The van der Waals surface area contributed by atoms with Crippen molar-refractivity contribution in [3.8, 4) is 0 Å². The Kier molecular flexibility index (Phi) is 8.92. The van der Waals surface area contributed by atoms with Gasteiger partial charge in [0.25, 0.3) is 5.91 Å². The molecule has 180 valence electrons. The SMILES string of the molecule is COCO[C@H](C)CO/N=C(/C(=O)Nc1ncc(COC)s1)c1ccc(S(=O)(=O)C2CC2)cc1. The molecule has 0 aliphatic heterocycles. The second-order valence-electron chi connectivity index (χ2n) is 7.41. The summed E-state index contributed by atoms with van der Waals surface area (Å²) in [7, 11) is -0.251. The van der Waals surface area contributed by atoms with E-state index in [-0.39, 0.29) is 35.4 Å². The number of sulfone groups is 1. The summed E-state index contributed by atoms with van der Waals surface area (Å²) in [5, 5.41) is 6.77. The third kappa shape index (κ3) is 7.05. The fourth-order valence-electron chi connectivity index (χ4n) is 2.77. The van der Waals surface area contributed by atoms with Gasteiger partial charge < -0.3 is 19.0 Å². The molecule has 10 nitrogen and oxygen atoms in total. The van der Waals surface area contributed by atoms with Crippen LogP contribution in [0.4, 0.5) is 5.13 Å². The van der Waals surface area contributed by atoms with E-state index < -0.39 is 15.7 Å². The van der Waals surface area contributed by atoms with E-state index in [1.165, 1.54) is 30.6 Å². The highest BCUT2D eigenvalue weighted by Gasteiger charge is 2.36. The van der Waals surface area contributed by atoms with Gasteiger partial charge in [0.2, 0.25) is 0 Å². The number of ether oxygens (including phenoxy) is 3. The van der Waals surface area contributed by atoms with Crippen molar-refractivity contribution in [2.24, 2.45) is 5.16 Å². The number of amides is 1. The van der Waals surface area contributed by atoms with Gasteiger partial charge in [0.05, 0.1) is 27.7 Å². The Morgan fingerprint density at radius 2 is 1.97 bits per heavy atom. The fraction of sp³-hybridized carbons (Fsp3) is 0.476. The molecule has 1 heterocycles. The zero-order chi connectivity index (χ0) is 23.8. The zero-order valence-electron chi connectivity index (χ0n) is 18.6. The summed E-state index contributed by atoms with van der Waals surface area (Å²) in [6, 6.07) is 6.05. The van der Waals surface area contributed by atoms with E-state index in [2.05, 4.69) is 15.5 Å². The van der Waals surface area contributed by atoms with Crippen LogP contribution in [-0.4, -0.2) is 64.0 Å². The van der Waals surface area contributed by atoms with Crippen LogP contribution in [0.3, 0.4) is 0 Å². The van der Waals surface area contributed by atoms with Gasteiger partial charge in [-0.05, 0) is 31.9 Å². The lowest BCUT2D eigenvalue weighted by molar-refractivity contribution is -0.110. The maximum absolute atomic E-state index is 13.0. The van der Waals surface area contributed by atoms with E-state index in [9.17, 15) is 13.2 Å². The summed E-state index contributed by atoms with van der Waals surface area (Å²) in [5.41, 5.74) is 0.384. The van der Waals surface area contributed by atoms with Gasteiger partial charge in [-0.15, -0.1) is 0 Å². The Morgan fingerprint density at radius 3 is 2.61 bits per heavy atom. The molecule has 1 aromatic carbocycles. The van der Waals surface area contributed by atoms with Gasteiger partial charge in [0, 0.05) is 26.0 Å². The van der Waals surface area contributed by atoms with Crippen molar-refractivity contribution in [1.82, 2.24) is 4.98 Å². The number of carbonyl (C=O) groups excluding carboxylic acids is 1. The number of benzene rings is 1. The molecule has 12 heteroatoms. The molecule has 0 spiro atoms. The summed E-state index contributed by atoms with van der Waals surface area (Å²) < 4.78 is 40.2. The Balaban J connectivity index is 1.78. The van der Waals surface area contributed by atoms with E-state index >= 15 is 0 Å². The second-order valence-corrected chi connectivity index (χ2v) is 10.8. The van der Waals surface area contributed by atoms with Gasteiger partial charge in [-0.1, -0.05) is 28.6 Å². The molecular weight excluding hydrogens is 470 g/mol. The maximum Gasteiger partial charge on any atom is 0.280 e. The Labute approximate surface area is 196 Å². The lowest BCUT2D eigenvalue weighted by atomic mass is 10.1. The van der Waals surface area contributed by atoms with Gasteiger partial charge in [-0.25, -0.2) is 13.4 Å². The van der Waals surface area contributed by atoms with Crippen molar-refractivity contribution in [1.29, 1.82) is 0 Å². The average Bonchev–Trinajstić information content (AvgIpc) is 3.58. The number of nitrogens with zero attached hydrogens (tertiary/aromatic N) is 2. The monoisotopic (exact) mass is 497 g/mol. The number of methoxy groups -OCH3 is 2. The summed E-state index contributed by atoms with van der Waals surface area (Å²) in [5.74, 6) is -0.545. The molecular formula is C21H27N3O7S2. The molecule has 1 N–H and O–H groups in total. The third-order valence-electron chi connectivity index (χ3n) is 4.63. The molecule has 1 fully saturated rings. The number of oxime groups is 1. The minimum atomic E-state index is -3.34. The van der Waals surface area contributed by atoms with Crippen molar-refractivity contribution in [3.63, 3.8) is 0 Å². The van der Waals surface area contributed by atoms with E-state index in [0.717, 1.165) is 4.88 Å². The van der Waals surface area contributed by atoms with Crippen LogP contribution in [0.15, 0.2) is 40.5 Å². The molecule has 1 aliphatic carbocycles. The Hall–Kier alpha value is -2.38. The first kappa shape index (κ1) is 25.2. The van der Waals surface area contributed by atoms with Gasteiger partial charge >= 0.3 is 0 Å². The first-order chi connectivity index (χ1) is 15.8. The predicted molar refractivity (Wildman–Crippen MR) is 123 cm³/mol. The number of rotatable bonds is 13. The van der Waals surface area contributed by atoms with E-state index in [1.54, 1.807) is 32.4 Å². The summed E-state index contributed by atoms with van der Waals surface area (Å²) in [6.45, 7) is 2.35. The smallest absolute Gasteiger partial charge is 0.280 e. The normalized spacial score (nSPS) is 15.3. The highest BCUT2D eigenvalue weighted by Crippen LogP contribution is 2.33. The quantitative estimate of drug-likeness (QED) is 0.254. The molecule has 3 rings (SSSR count). The second kappa shape index (κ2) is 11.7. The Morgan fingerprint density at radius 1 is 1.24 bits per heavy atom.